The molecule has 0 unspecified atom stereocenters. The van der Waals surface area contributed by atoms with Gasteiger partial charge in [0.25, 0.3) is 0 Å². The fourth-order valence-corrected chi connectivity index (χ4v) is 3.43. The molecule has 3 nitrogen and oxygen atoms in total. The summed E-state index contributed by atoms with van der Waals surface area (Å²) in [7, 11) is 3.90. The highest BCUT2D eigenvalue weighted by atomic mass is 16.5. The zero-order chi connectivity index (χ0) is 12.8. The van der Waals surface area contributed by atoms with E-state index in [0.29, 0.717) is 6.10 Å². The van der Waals surface area contributed by atoms with Gasteiger partial charge < -0.3 is 14.4 Å². The van der Waals surface area contributed by atoms with Gasteiger partial charge in [0.1, 0.15) is 17.6 Å². The van der Waals surface area contributed by atoms with Crippen molar-refractivity contribution >= 4 is 0 Å². The van der Waals surface area contributed by atoms with Crippen LogP contribution in [0.3, 0.4) is 0 Å². The number of benzene rings is 1. The van der Waals surface area contributed by atoms with Crippen LogP contribution in [0.4, 0.5) is 0 Å². The fourth-order valence-electron chi connectivity index (χ4n) is 3.43. The van der Waals surface area contributed by atoms with Crippen molar-refractivity contribution in [2.45, 2.75) is 31.3 Å². The first-order valence-corrected chi connectivity index (χ1v) is 6.73. The number of nitrogens with zero attached hydrogens (tertiary/aromatic N) is 1. The van der Waals surface area contributed by atoms with Crippen LogP contribution in [-0.2, 0) is 5.41 Å². The molecule has 3 heteroatoms. The Morgan fingerprint density at radius 3 is 3.06 bits per heavy atom. The zero-order valence-corrected chi connectivity index (χ0v) is 11.4. The second kappa shape index (κ2) is 4.16. The normalized spacial score (nSPS) is 30.5. The van der Waals surface area contributed by atoms with Crippen LogP contribution < -0.4 is 9.47 Å². The van der Waals surface area contributed by atoms with Crippen molar-refractivity contribution < 1.29 is 9.47 Å². The Kier molecular flexibility index (Phi) is 2.74. The van der Waals surface area contributed by atoms with E-state index in [1.807, 2.05) is 6.07 Å². The largest absolute Gasteiger partial charge is 0.497 e. The van der Waals surface area contributed by atoms with Crippen LogP contribution in [0.2, 0.25) is 0 Å². The summed E-state index contributed by atoms with van der Waals surface area (Å²) in [4.78, 5) is 2.36. The summed E-state index contributed by atoms with van der Waals surface area (Å²) in [5, 5.41) is 0. The van der Waals surface area contributed by atoms with Gasteiger partial charge >= 0.3 is 0 Å². The first-order chi connectivity index (χ1) is 8.69. The van der Waals surface area contributed by atoms with E-state index in [4.69, 9.17) is 9.47 Å². The number of hydrogen-bond acceptors (Lipinski definition) is 3. The van der Waals surface area contributed by atoms with Crippen LogP contribution in [0, 0.1) is 0 Å². The molecule has 0 spiro atoms. The van der Waals surface area contributed by atoms with Crippen molar-refractivity contribution in [1.82, 2.24) is 4.90 Å². The van der Waals surface area contributed by atoms with Crippen molar-refractivity contribution in [3.05, 3.63) is 23.8 Å². The molecule has 98 valence electrons. The minimum atomic E-state index is 0.191. The Labute approximate surface area is 109 Å². The molecular formula is C15H21NO2. The van der Waals surface area contributed by atoms with E-state index < -0.39 is 0 Å². The summed E-state index contributed by atoms with van der Waals surface area (Å²) in [5.41, 5.74) is 1.54. The standard InChI is InChI=1S/C15H21NO2/c1-4-15-7-8-16(2)10-14(15)18-13-6-5-11(17-3)9-12(13)15/h5-6,9,14H,4,7-8,10H2,1-3H3/t14-,15-/m1/s1. The molecule has 0 aromatic heterocycles. The van der Waals surface area contributed by atoms with Crippen molar-refractivity contribution in [3.63, 3.8) is 0 Å². The monoisotopic (exact) mass is 247 g/mol. The van der Waals surface area contributed by atoms with E-state index in [9.17, 15) is 0 Å². The average Bonchev–Trinajstić information content (AvgIpc) is 2.71. The lowest BCUT2D eigenvalue weighted by atomic mass is 9.70. The molecule has 0 bridgehead atoms. The molecule has 0 N–H and O–H groups in total. The highest BCUT2D eigenvalue weighted by Crippen LogP contribution is 2.50. The van der Waals surface area contributed by atoms with Crippen LogP contribution in [-0.4, -0.2) is 38.3 Å². The number of hydrogen-bond donors (Lipinski definition) is 0. The number of rotatable bonds is 2. The van der Waals surface area contributed by atoms with E-state index in [1.54, 1.807) is 7.11 Å². The summed E-state index contributed by atoms with van der Waals surface area (Å²) in [6.07, 6.45) is 2.60. The Bertz CT molecular complexity index is 460. The highest BCUT2D eigenvalue weighted by molar-refractivity contribution is 5.49. The van der Waals surface area contributed by atoms with Crippen LogP contribution in [0.25, 0.3) is 0 Å². The molecule has 1 aromatic carbocycles. The second-order valence-corrected chi connectivity index (χ2v) is 5.49. The van der Waals surface area contributed by atoms with E-state index in [-0.39, 0.29) is 5.41 Å². The first kappa shape index (κ1) is 11.8. The van der Waals surface area contributed by atoms with Gasteiger partial charge in [0.15, 0.2) is 0 Å². The lowest BCUT2D eigenvalue weighted by Gasteiger charge is -2.41. The van der Waals surface area contributed by atoms with Gasteiger partial charge in [-0.1, -0.05) is 6.92 Å². The van der Waals surface area contributed by atoms with Gasteiger partial charge in [-0.05, 0) is 44.6 Å². The predicted molar refractivity (Wildman–Crippen MR) is 71.5 cm³/mol. The Hall–Kier alpha value is -1.22. The molecule has 0 saturated carbocycles. The minimum absolute atomic E-state index is 0.191. The van der Waals surface area contributed by atoms with Crippen molar-refractivity contribution in [1.29, 1.82) is 0 Å². The van der Waals surface area contributed by atoms with Crippen LogP contribution in [0.15, 0.2) is 18.2 Å². The summed E-state index contributed by atoms with van der Waals surface area (Å²) in [6, 6.07) is 6.22. The Morgan fingerprint density at radius 2 is 2.33 bits per heavy atom. The van der Waals surface area contributed by atoms with E-state index in [0.717, 1.165) is 31.0 Å². The third kappa shape index (κ3) is 1.53. The van der Waals surface area contributed by atoms with Gasteiger partial charge in [0, 0.05) is 17.5 Å². The molecular weight excluding hydrogens is 226 g/mol. The molecule has 2 atom stereocenters. The number of fused-ring (bicyclic) bond motifs is 3. The summed E-state index contributed by atoms with van der Waals surface area (Å²) in [6.45, 7) is 4.44. The third-order valence-electron chi connectivity index (χ3n) is 4.66. The van der Waals surface area contributed by atoms with E-state index in [2.05, 4.69) is 31.0 Å². The van der Waals surface area contributed by atoms with Gasteiger partial charge in [0.05, 0.1) is 7.11 Å². The van der Waals surface area contributed by atoms with Crippen LogP contribution in [0.5, 0.6) is 11.5 Å². The number of ether oxygens (including phenoxy) is 2. The van der Waals surface area contributed by atoms with Gasteiger partial charge in [-0.3, -0.25) is 0 Å². The number of likely N-dealkylation sites (tertiary alicyclic amines) is 1. The molecule has 2 aliphatic rings. The van der Waals surface area contributed by atoms with Gasteiger partial charge in [0.2, 0.25) is 0 Å². The third-order valence-corrected chi connectivity index (χ3v) is 4.66. The van der Waals surface area contributed by atoms with Crippen LogP contribution >= 0.6 is 0 Å². The molecule has 0 amide bonds. The molecule has 1 aromatic rings. The maximum absolute atomic E-state index is 6.18. The topological polar surface area (TPSA) is 21.7 Å². The molecule has 0 radical (unpaired) electrons. The number of likely N-dealkylation sites (N-methyl/N-ethyl adjacent to an activating group) is 1. The summed E-state index contributed by atoms with van der Waals surface area (Å²) < 4.78 is 11.5. The molecule has 3 rings (SSSR count). The van der Waals surface area contributed by atoms with E-state index >= 15 is 0 Å². The summed E-state index contributed by atoms with van der Waals surface area (Å²) >= 11 is 0. The maximum atomic E-state index is 6.18. The minimum Gasteiger partial charge on any atom is -0.497 e. The Balaban J connectivity index is 2.05. The molecule has 18 heavy (non-hydrogen) atoms. The molecule has 2 aliphatic heterocycles. The smallest absolute Gasteiger partial charge is 0.124 e. The van der Waals surface area contributed by atoms with E-state index in [1.165, 1.54) is 12.0 Å². The van der Waals surface area contributed by atoms with Gasteiger partial charge in [-0.15, -0.1) is 0 Å². The quantitative estimate of drug-likeness (QED) is 0.801. The highest BCUT2D eigenvalue weighted by Gasteiger charge is 2.50. The number of piperidine rings is 1. The van der Waals surface area contributed by atoms with Gasteiger partial charge in [-0.25, -0.2) is 0 Å². The van der Waals surface area contributed by atoms with Crippen molar-refractivity contribution in [2.75, 3.05) is 27.2 Å². The molecule has 1 fully saturated rings. The fraction of sp³-hybridized carbons (Fsp3) is 0.600. The van der Waals surface area contributed by atoms with Crippen molar-refractivity contribution in [2.24, 2.45) is 0 Å². The second-order valence-electron chi connectivity index (χ2n) is 5.49. The molecule has 0 aliphatic carbocycles. The number of methoxy groups -OCH3 is 1. The first-order valence-electron chi connectivity index (χ1n) is 6.73. The molecule has 2 heterocycles. The zero-order valence-electron chi connectivity index (χ0n) is 11.4. The van der Waals surface area contributed by atoms with Gasteiger partial charge in [-0.2, -0.15) is 0 Å². The Morgan fingerprint density at radius 1 is 1.50 bits per heavy atom. The average molecular weight is 247 g/mol. The lowest BCUT2D eigenvalue weighted by molar-refractivity contribution is 0.0527. The lowest BCUT2D eigenvalue weighted by Crippen LogP contribution is -2.51. The predicted octanol–water partition coefficient (Wildman–Crippen LogP) is 2.44. The molecule has 1 saturated heterocycles. The SMILES string of the molecule is CC[C@]12CCN(C)C[C@H]1Oc1ccc(OC)cc12. The maximum Gasteiger partial charge on any atom is 0.124 e. The van der Waals surface area contributed by atoms with Crippen molar-refractivity contribution in [3.8, 4) is 11.5 Å². The van der Waals surface area contributed by atoms with Crippen LogP contribution in [0.1, 0.15) is 25.3 Å². The summed E-state index contributed by atoms with van der Waals surface area (Å²) in [5.74, 6) is 1.99.